The molecule has 0 atom stereocenters. The smallest absolute Gasteiger partial charge is 0.346 e. The molecule has 0 amide bonds. The van der Waals surface area contributed by atoms with Crippen LogP contribution in [0.3, 0.4) is 0 Å². The molecule has 3 heteroatoms. The van der Waals surface area contributed by atoms with E-state index in [1.54, 1.807) is 0 Å². The second kappa shape index (κ2) is 5.31. The normalized spacial score (nSPS) is 10.4. The van der Waals surface area contributed by atoms with Gasteiger partial charge in [0, 0.05) is 5.56 Å². The van der Waals surface area contributed by atoms with Crippen molar-refractivity contribution >= 4 is 17.3 Å². The first kappa shape index (κ1) is 12.6. The standard InChI is InChI=1S/C17H12O2S/c18-17(19)16-15(9-10-20-16)14-8-4-7-13(11-14)12-5-2-1-3-6-12/h1-11H,(H,18,19). The van der Waals surface area contributed by atoms with Gasteiger partial charge in [-0.05, 0) is 34.2 Å². The van der Waals surface area contributed by atoms with Crippen molar-refractivity contribution in [1.82, 2.24) is 0 Å². The first-order valence-electron chi connectivity index (χ1n) is 6.22. The van der Waals surface area contributed by atoms with Gasteiger partial charge in [-0.3, -0.25) is 0 Å². The van der Waals surface area contributed by atoms with Gasteiger partial charge in [-0.25, -0.2) is 4.79 Å². The molecule has 0 saturated heterocycles. The molecule has 3 aromatic rings. The lowest BCUT2D eigenvalue weighted by Crippen LogP contribution is -1.94. The van der Waals surface area contributed by atoms with Crippen LogP contribution in [0, 0.1) is 0 Å². The molecule has 0 radical (unpaired) electrons. The van der Waals surface area contributed by atoms with Crippen LogP contribution in [0.2, 0.25) is 0 Å². The van der Waals surface area contributed by atoms with E-state index in [2.05, 4.69) is 0 Å². The van der Waals surface area contributed by atoms with Gasteiger partial charge in [-0.2, -0.15) is 0 Å². The van der Waals surface area contributed by atoms with Crippen LogP contribution in [0.1, 0.15) is 9.67 Å². The van der Waals surface area contributed by atoms with Crippen LogP contribution >= 0.6 is 11.3 Å². The average molecular weight is 280 g/mol. The third kappa shape index (κ3) is 2.36. The Kier molecular flexibility index (Phi) is 3.35. The summed E-state index contributed by atoms with van der Waals surface area (Å²) in [5.74, 6) is -0.875. The Morgan fingerprint density at radius 1 is 0.850 bits per heavy atom. The molecule has 3 rings (SSSR count). The van der Waals surface area contributed by atoms with Crippen molar-refractivity contribution < 1.29 is 9.90 Å². The van der Waals surface area contributed by atoms with Gasteiger partial charge in [0.1, 0.15) is 4.88 Å². The highest BCUT2D eigenvalue weighted by atomic mass is 32.1. The first-order valence-corrected chi connectivity index (χ1v) is 7.10. The van der Waals surface area contributed by atoms with Crippen LogP contribution in [0.15, 0.2) is 66.0 Å². The topological polar surface area (TPSA) is 37.3 Å². The van der Waals surface area contributed by atoms with Gasteiger partial charge in [-0.15, -0.1) is 11.3 Å². The molecule has 1 N–H and O–H groups in total. The number of carbonyl (C=O) groups is 1. The summed E-state index contributed by atoms with van der Waals surface area (Å²) in [6.07, 6.45) is 0. The van der Waals surface area contributed by atoms with Crippen molar-refractivity contribution in [3.05, 3.63) is 70.9 Å². The van der Waals surface area contributed by atoms with Crippen LogP contribution < -0.4 is 0 Å². The van der Waals surface area contributed by atoms with E-state index in [4.69, 9.17) is 0 Å². The minimum Gasteiger partial charge on any atom is -0.477 e. The van der Waals surface area contributed by atoms with Gasteiger partial charge in [0.2, 0.25) is 0 Å². The molecular weight excluding hydrogens is 268 g/mol. The first-order chi connectivity index (χ1) is 9.75. The molecule has 0 aliphatic carbocycles. The Labute approximate surface area is 121 Å². The maximum Gasteiger partial charge on any atom is 0.346 e. The maximum atomic E-state index is 11.2. The van der Waals surface area contributed by atoms with E-state index in [1.807, 2.05) is 66.0 Å². The molecule has 2 aromatic carbocycles. The summed E-state index contributed by atoms with van der Waals surface area (Å²) in [5, 5.41) is 11.0. The van der Waals surface area contributed by atoms with Crippen molar-refractivity contribution in [1.29, 1.82) is 0 Å². The monoisotopic (exact) mass is 280 g/mol. The highest BCUT2D eigenvalue weighted by Crippen LogP contribution is 2.31. The van der Waals surface area contributed by atoms with Crippen LogP contribution in [0.5, 0.6) is 0 Å². The second-order valence-corrected chi connectivity index (χ2v) is 5.33. The Hall–Kier alpha value is -2.39. The lowest BCUT2D eigenvalue weighted by Gasteiger charge is -2.05. The fourth-order valence-electron chi connectivity index (χ4n) is 2.20. The van der Waals surface area contributed by atoms with Crippen LogP contribution in [0.25, 0.3) is 22.3 Å². The summed E-state index contributed by atoms with van der Waals surface area (Å²) in [5.41, 5.74) is 3.93. The Bertz CT molecular complexity index is 744. The predicted octanol–water partition coefficient (Wildman–Crippen LogP) is 4.78. The zero-order valence-corrected chi connectivity index (χ0v) is 11.4. The van der Waals surface area contributed by atoms with E-state index in [0.29, 0.717) is 4.88 Å². The third-order valence-corrected chi connectivity index (χ3v) is 4.04. The van der Waals surface area contributed by atoms with E-state index in [9.17, 15) is 9.90 Å². The van der Waals surface area contributed by atoms with Crippen molar-refractivity contribution in [2.24, 2.45) is 0 Å². The molecule has 0 saturated carbocycles. The number of carboxylic acid groups (broad SMARTS) is 1. The van der Waals surface area contributed by atoms with E-state index in [0.717, 1.165) is 22.3 Å². The Morgan fingerprint density at radius 3 is 2.30 bits per heavy atom. The van der Waals surface area contributed by atoms with Crippen LogP contribution in [-0.2, 0) is 0 Å². The van der Waals surface area contributed by atoms with Gasteiger partial charge in [0.15, 0.2) is 0 Å². The van der Waals surface area contributed by atoms with Gasteiger partial charge < -0.3 is 5.11 Å². The molecule has 0 aliphatic rings. The molecule has 0 unspecified atom stereocenters. The number of carboxylic acids is 1. The van der Waals surface area contributed by atoms with Crippen molar-refractivity contribution in [2.45, 2.75) is 0 Å². The van der Waals surface area contributed by atoms with E-state index >= 15 is 0 Å². The molecule has 0 fully saturated rings. The quantitative estimate of drug-likeness (QED) is 0.749. The molecular formula is C17H12O2S. The fraction of sp³-hybridized carbons (Fsp3) is 0. The second-order valence-electron chi connectivity index (χ2n) is 4.42. The van der Waals surface area contributed by atoms with Crippen molar-refractivity contribution in [2.75, 3.05) is 0 Å². The van der Waals surface area contributed by atoms with Crippen LogP contribution in [-0.4, -0.2) is 11.1 Å². The average Bonchev–Trinajstić information content (AvgIpc) is 2.98. The fourth-order valence-corrected chi connectivity index (χ4v) is 2.95. The van der Waals surface area contributed by atoms with Gasteiger partial charge >= 0.3 is 5.97 Å². The van der Waals surface area contributed by atoms with E-state index < -0.39 is 5.97 Å². The molecule has 0 spiro atoms. The summed E-state index contributed by atoms with van der Waals surface area (Å²) in [4.78, 5) is 11.6. The minimum atomic E-state index is -0.875. The van der Waals surface area contributed by atoms with Crippen molar-refractivity contribution in [3.63, 3.8) is 0 Å². The number of hydrogen-bond acceptors (Lipinski definition) is 2. The van der Waals surface area contributed by atoms with Gasteiger partial charge in [0.05, 0.1) is 0 Å². The molecule has 20 heavy (non-hydrogen) atoms. The number of rotatable bonds is 3. The molecule has 0 aliphatic heterocycles. The Balaban J connectivity index is 2.08. The summed E-state index contributed by atoms with van der Waals surface area (Å²) >= 11 is 1.25. The highest BCUT2D eigenvalue weighted by Gasteiger charge is 2.13. The molecule has 98 valence electrons. The lowest BCUT2D eigenvalue weighted by atomic mass is 9.99. The van der Waals surface area contributed by atoms with Gasteiger partial charge in [-0.1, -0.05) is 48.5 Å². The third-order valence-electron chi connectivity index (χ3n) is 3.14. The van der Waals surface area contributed by atoms with E-state index in [1.165, 1.54) is 11.3 Å². The lowest BCUT2D eigenvalue weighted by molar-refractivity contribution is 0.0703. The van der Waals surface area contributed by atoms with Crippen LogP contribution in [0.4, 0.5) is 0 Å². The summed E-state index contributed by atoms with van der Waals surface area (Å²) in [7, 11) is 0. The number of benzene rings is 2. The molecule has 1 aromatic heterocycles. The van der Waals surface area contributed by atoms with E-state index in [-0.39, 0.29) is 0 Å². The number of aromatic carboxylic acids is 1. The molecule has 1 heterocycles. The predicted molar refractivity (Wildman–Crippen MR) is 82.2 cm³/mol. The minimum absolute atomic E-state index is 0.384. The zero-order chi connectivity index (χ0) is 13.9. The summed E-state index contributed by atoms with van der Waals surface area (Å²) < 4.78 is 0. The van der Waals surface area contributed by atoms with Crippen molar-refractivity contribution in [3.8, 4) is 22.3 Å². The largest absolute Gasteiger partial charge is 0.477 e. The Morgan fingerprint density at radius 2 is 1.55 bits per heavy atom. The molecule has 2 nitrogen and oxygen atoms in total. The SMILES string of the molecule is O=C(O)c1sccc1-c1cccc(-c2ccccc2)c1. The number of hydrogen-bond donors (Lipinski definition) is 1. The summed E-state index contributed by atoms with van der Waals surface area (Å²) in [6, 6.07) is 19.9. The highest BCUT2D eigenvalue weighted by molar-refractivity contribution is 7.12. The maximum absolute atomic E-state index is 11.2. The summed E-state index contributed by atoms with van der Waals surface area (Å²) in [6.45, 7) is 0. The number of thiophene rings is 1. The van der Waals surface area contributed by atoms with Gasteiger partial charge in [0.25, 0.3) is 0 Å². The molecule has 0 bridgehead atoms. The zero-order valence-electron chi connectivity index (χ0n) is 10.6.